The molecule has 0 aliphatic rings. The minimum atomic E-state index is -0.541. The van der Waals surface area contributed by atoms with Gasteiger partial charge in [-0.2, -0.15) is 0 Å². The summed E-state index contributed by atoms with van der Waals surface area (Å²) in [4.78, 5) is 19.4. The summed E-state index contributed by atoms with van der Waals surface area (Å²) >= 11 is 0. The van der Waals surface area contributed by atoms with Gasteiger partial charge in [-0.1, -0.05) is 24.3 Å². The molecule has 0 saturated carbocycles. The standard InChI is InChI=1S/C17H14FN3O/c1-11-19-10-16(20-11)12-5-4-6-13(9-12)21-17(22)14-7-2-3-8-15(14)18/h2-10H,1H3,(H,19,20)(H,21,22). The lowest BCUT2D eigenvalue weighted by Gasteiger charge is -2.07. The lowest BCUT2D eigenvalue weighted by Crippen LogP contribution is -2.13. The van der Waals surface area contributed by atoms with E-state index >= 15 is 0 Å². The quantitative estimate of drug-likeness (QED) is 0.772. The van der Waals surface area contributed by atoms with Gasteiger partial charge in [-0.3, -0.25) is 4.79 Å². The Kier molecular flexibility index (Phi) is 3.70. The predicted molar refractivity (Wildman–Crippen MR) is 83.1 cm³/mol. The zero-order chi connectivity index (χ0) is 15.5. The monoisotopic (exact) mass is 295 g/mol. The van der Waals surface area contributed by atoms with Gasteiger partial charge in [0, 0.05) is 11.3 Å². The number of nitrogens with one attached hydrogen (secondary N) is 2. The van der Waals surface area contributed by atoms with E-state index in [9.17, 15) is 9.18 Å². The molecule has 22 heavy (non-hydrogen) atoms. The van der Waals surface area contributed by atoms with Crippen molar-refractivity contribution in [1.29, 1.82) is 0 Å². The van der Waals surface area contributed by atoms with E-state index in [0.29, 0.717) is 5.69 Å². The highest BCUT2D eigenvalue weighted by molar-refractivity contribution is 6.04. The Morgan fingerprint density at radius 3 is 2.73 bits per heavy atom. The Labute approximate surface area is 127 Å². The van der Waals surface area contributed by atoms with Crippen molar-refractivity contribution >= 4 is 11.6 Å². The summed E-state index contributed by atoms with van der Waals surface area (Å²) in [5.74, 6) is -0.202. The summed E-state index contributed by atoms with van der Waals surface area (Å²) < 4.78 is 13.6. The second kappa shape index (κ2) is 5.81. The first-order valence-electron chi connectivity index (χ1n) is 6.81. The first-order valence-corrected chi connectivity index (χ1v) is 6.81. The lowest BCUT2D eigenvalue weighted by molar-refractivity contribution is 0.102. The van der Waals surface area contributed by atoms with Gasteiger partial charge in [0.15, 0.2) is 0 Å². The normalized spacial score (nSPS) is 10.5. The molecule has 1 aromatic heterocycles. The molecule has 0 radical (unpaired) electrons. The highest BCUT2D eigenvalue weighted by atomic mass is 19.1. The Balaban J connectivity index is 1.84. The van der Waals surface area contributed by atoms with E-state index in [-0.39, 0.29) is 5.56 Å². The van der Waals surface area contributed by atoms with Crippen LogP contribution in [0.5, 0.6) is 0 Å². The zero-order valence-corrected chi connectivity index (χ0v) is 11.9. The van der Waals surface area contributed by atoms with Gasteiger partial charge < -0.3 is 10.3 Å². The number of nitrogens with zero attached hydrogens (tertiary/aromatic N) is 1. The fourth-order valence-electron chi connectivity index (χ4n) is 2.18. The van der Waals surface area contributed by atoms with Crippen LogP contribution < -0.4 is 5.32 Å². The topological polar surface area (TPSA) is 57.8 Å². The van der Waals surface area contributed by atoms with Crippen LogP contribution in [0.25, 0.3) is 11.3 Å². The number of aromatic amines is 1. The molecule has 1 heterocycles. The van der Waals surface area contributed by atoms with Crippen molar-refractivity contribution in [3.8, 4) is 11.3 Å². The average molecular weight is 295 g/mol. The van der Waals surface area contributed by atoms with Crippen LogP contribution in [0.3, 0.4) is 0 Å². The molecular weight excluding hydrogens is 281 g/mol. The summed E-state index contributed by atoms with van der Waals surface area (Å²) in [6.07, 6.45) is 1.73. The van der Waals surface area contributed by atoms with Gasteiger partial charge in [-0.25, -0.2) is 9.37 Å². The van der Waals surface area contributed by atoms with Gasteiger partial charge in [0.1, 0.15) is 11.6 Å². The van der Waals surface area contributed by atoms with E-state index < -0.39 is 11.7 Å². The van der Waals surface area contributed by atoms with Crippen LogP contribution >= 0.6 is 0 Å². The van der Waals surface area contributed by atoms with Crippen molar-refractivity contribution in [3.05, 3.63) is 71.9 Å². The second-order valence-corrected chi connectivity index (χ2v) is 4.90. The third kappa shape index (κ3) is 2.88. The number of halogens is 1. The van der Waals surface area contributed by atoms with Crippen LogP contribution in [0.4, 0.5) is 10.1 Å². The van der Waals surface area contributed by atoms with Gasteiger partial charge >= 0.3 is 0 Å². The number of benzene rings is 2. The van der Waals surface area contributed by atoms with Crippen LogP contribution in [0.1, 0.15) is 16.2 Å². The van der Waals surface area contributed by atoms with Gasteiger partial charge in [-0.05, 0) is 31.2 Å². The molecule has 3 aromatic rings. The summed E-state index contributed by atoms with van der Waals surface area (Å²) in [6, 6.07) is 13.2. The van der Waals surface area contributed by atoms with Crippen molar-refractivity contribution in [1.82, 2.24) is 9.97 Å². The van der Waals surface area contributed by atoms with Gasteiger partial charge in [-0.15, -0.1) is 0 Å². The van der Waals surface area contributed by atoms with Crippen LogP contribution in [-0.4, -0.2) is 15.9 Å². The van der Waals surface area contributed by atoms with Gasteiger partial charge in [0.05, 0.1) is 17.5 Å². The Hall–Kier alpha value is -2.95. The molecule has 0 unspecified atom stereocenters. The number of amides is 1. The zero-order valence-electron chi connectivity index (χ0n) is 11.9. The van der Waals surface area contributed by atoms with Crippen LogP contribution in [0.15, 0.2) is 54.7 Å². The average Bonchev–Trinajstić information content (AvgIpc) is 2.94. The minimum Gasteiger partial charge on any atom is -0.342 e. The number of carbonyl (C=O) groups excluding carboxylic acids is 1. The van der Waals surface area contributed by atoms with E-state index in [1.165, 1.54) is 12.1 Å². The fourth-order valence-corrected chi connectivity index (χ4v) is 2.18. The number of rotatable bonds is 3. The molecule has 4 nitrogen and oxygen atoms in total. The molecule has 2 N–H and O–H groups in total. The van der Waals surface area contributed by atoms with E-state index in [1.54, 1.807) is 24.4 Å². The number of aryl methyl sites for hydroxylation is 1. The van der Waals surface area contributed by atoms with Crippen molar-refractivity contribution in [3.63, 3.8) is 0 Å². The minimum absolute atomic E-state index is 0.0188. The van der Waals surface area contributed by atoms with Crippen molar-refractivity contribution < 1.29 is 9.18 Å². The summed E-state index contributed by atoms with van der Waals surface area (Å²) in [5.41, 5.74) is 2.37. The number of aromatic nitrogens is 2. The Bertz CT molecular complexity index is 826. The second-order valence-electron chi connectivity index (χ2n) is 4.90. The molecule has 3 rings (SSSR count). The lowest BCUT2D eigenvalue weighted by atomic mass is 10.1. The predicted octanol–water partition coefficient (Wildman–Crippen LogP) is 3.78. The number of imidazole rings is 1. The number of hydrogen-bond donors (Lipinski definition) is 2. The van der Waals surface area contributed by atoms with Gasteiger partial charge in [0.25, 0.3) is 5.91 Å². The molecule has 0 fully saturated rings. The molecule has 2 aromatic carbocycles. The maximum absolute atomic E-state index is 13.6. The van der Waals surface area contributed by atoms with E-state index in [4.69, 9.17) is 0 Å². The SMILES string of the molecule is Cc1ncc(-c2cccc(NC(=O)c3ccccc3F)c2)[nH]1. The molecule has 110 valence electrons. The number of carbonyl (C=O) groups is 1. The molecule has 0 spiro atoms. The number of anilines is 1. The third-order valence-corrected chi connectivity index (χ3v) is 3.25. The van der Waals surface area contributed by atoms with Crippen molar-refractivity contribution in [2.24, 2.45) is 0 Å². The molecule has 5 heteroatoms. The van der Waals surface area contributed by atoms with E-state index in [0.717, 1.165) is 17.1 Å². The molecule has 0 bridgehead atoms. The molecule has 0 saturated heterocycles. The molecule has 0 aliphatic carbocycles. The van der Waals surface area contributed by atoms with E-state index in [1.807, 2.05) is 25.1 Å². The van der Waals surface area contributed by atoms with Crippen LogP contribution in [0, 0.1) is 12.7 Å². The molecule has 0 atom stereocenters. The highest BCUT2D eigenvalue weighted by Gasteiger charge is 2.11. The largest absolute Gasteiger partial charge is 0.342 e. The van der Waals surface area contributed by atoms with Gasteiger partial charge in [0.2, 0.25) is 0 Å². The maximum atomic E-state index is 13.6. The Morgan fingerprint density at radius 2 is 2.00 bits per heavy atom. The smallest absolute Gasteiger partial charge is 0.258 e. The first-order chi connectivity index (χ1) is 10.6. The Morgan fingerprint density at radius 1 is 1.18 bits per heavy atom. The molecule has 1 amide bonds. The summed E-state index contributed by atoms with van der Waals surface area (Å²) in [6.45, 7) is 1.87. The number of H-pyrrole nitrogens is 1. The summed E-state index contributed by atoms with van der Waals surface area (Å²) in [5, 5.41) is 2.70. The molecule has 0 aliphatic heterocycles. The van der Waals surface area contributed by atoms with Crippen molar-refractivity contribution in [2.45, 2.75) is 6.92 Å². The van der Waals surface area contributed by atoms with E-state index in [2.05, 4.69) is 15.3 Å². The fraction of sp³-hybridized carbons (Fsp3) is 0.0588. The summed E-state index contributed by atoms with van der Waals surface area (Å²) in [7, 11) is 0. The first kappa shape index (κ1) is 14.0. The highest BCUT2D eigenvalue weighted by Crippen LogP contribution is 2.21. The molecular formula is C17H14FN3O. The number of hydrogen-bond acceptors (Lipinski definition) is 2. The van der Waals surface area contributed by atoms with Crippen molar-refractivity contribution in [2.75, 3.05) is 5.32 Å². The third-order valence-electron chi connectivity index (χ3n) is 3.25. The van der Waals surface area contributed by atoms with Crippen LogP contribution in [-0.2, 0) is 0 Å². The van der Waals surface area contributed by atoms with Crippen LogP contribution in [0.2, 0.25) is 0 Å². The maximum Gasteiger partial charge on any atom is 0.258 e.